The summed E-state index contributed by atoms with van der Waals surface area (Å²) >= 11 is 3.39. The first-order valence-corrected chi connectivity index (χ1v) is 5.98. The minimum absolute atomic E-state index is 0.0794. The third kappa shape index (κ3) is 1.11. The van der Waals surface area contributed by atoms with Crippen LogP contribution >= 0.6 is 23.3 Å². The van der Waals surface area contributed by atoms with E-state index in [1.165, 1.54) is 9.60 Å². The van der Waals surface area contributed by atoms with Crippen molar-refractivity contribution in [1.29, 1.82) is 0 Å². The minimum Gasteiger partial charge on any atom is -0.245 e. The van der Waals surface area contributed by atoms with E-state index in [1.807, 2.05) is 13.1 Å². The molecular formula is C10H8FNS2. The van der Waals surface area contributed by atoms with Gasteiger partial charge >= 0.3 is 0 Å². The van der Waals surface area contributed by atoms with Gasteiger partial charge in [-0.15, -0.1) is 11.3 Å². The summed E-state index contributed by atoms with van der Waals surface area (Å²) in [7, 11) is 1.99. The van der Waals surface area contributed by atoms with Gasteiger partial charge in [-0.3, -0.25) is 0 Å². The molecule has 0 amide bonds. The van der Waals surface area contributed by atoms with E-state index in [4.69, 9.17) is 0 Å². The van der Waals surface area contributed by atoms with E-state index in [0.29, 0.717) is 6.54 Å². The lowest BCUT2D eigenvalue weighted by atomic mass is 10.1. The minimum atomic E-state index is -0.0794. The molecule has 14 heavy (non-hydrogen) atoms. The number of hydrogen-bond acceptors (Lipinski definition) is 3. The molecule has 1 aliphatic rings. The van der Waals surface area contributed by atoms with Crippen LogP contribution in [-0.2, 0) is 6.54 Å². The maximum atomic E-state index is 13.6. The Morgan fingerprint density at radius 3 is 3.14 bits per heavy atom. The lowest BCUT2D eigenvalue weighted by Crippen LogP contribution is -2.13. The second-order valence-corrected chi connectivity index (χ2v) is 5.53. The van der Waals surface area contributed by atoms with E-state index >= 15 is 0 Å². The SMILES string of the molecule is CN1Cc2c(F)ccc3scc(c23)S1. The van der Waals surface area contributed by atoms with Crippen LogP contribution in [0.5, 0.6) is 0 Å². The first-order chi connectivity index (χ1) is 6.75. The van der Waals surface area contributed by atoms with Gasteiger partial charge in [0.2, 0.25) is 0 Å². The molecule has 0 radical (unpaired) electrons. The molecule has 0 N–H and O–H groups in total. The molecule has 0 aliphatic carbocycles. The summed E-state index contributed by atoms with van der Waals surface area (Å²) in [6, 6.07) is 3.44. The average molecular weight is 225 g/mol. The Morgan fingerprint density at radius 1 is 1.43 bits per heavy atom. The lowest BCUT2D eigenvalue weighted by Gasteiger charge is -2.21. The predicted octanol–water partition coefficient (Wildman–Crippen LogP) is 3.49. The van der Waals surface area contributed by atoms with Crippen molar-refractivity contribution >= 4 is 33.4 Å². The number of nitrogens with zero attached hydrogens (tertiary/aromatic N) is 1. The van der Waals surface area contributed by atoms with Crippen molar-refractivity contribution in [2.24, 2.45) is 0 Å². The van der Waals surface area contributed by atoms with Gasteiger partial charge < -0.3 is 0 Å². The summed E-state index contributed by atoms with van der Waals surface area (Å²) in [5.41, 5.74) is 0.847. The highest BCUT2D eigenvalue weighted by atomic mass is 32.2. The number of halogens is 1. The highest BCUT2D eigenvalue weighted by molar-refractivity contribution is 7.97. The Bertz CT molecular complexity index is 506. The van der Waals surface area contributed by atoms with Crippen molar-refractivity contribution in [2.45, 2.75) is 11.4 Å². The first kappa shape index (κ1) is 8.71. The maximum absolute atomic E-state index is 13.6. The van der Waals surface area contributed by atoms with Gasteiger partial charge in [0.15, 0.2) is 0 Å². The molecular weight excluding hydrogens is 217 g/mol. The number of benzene rings is 1. The summed E-state index contributed by atoms with van der Waals surface area (Å²) in [5, 5.41) is 3.23. The van der Waals surface area contributed by atoms with Gasteiger partial charge in [-0.05, 0) is 31.1 Å². The molecule has 0 saturated carbocycles. The molecule has 0 atom stereocenters. The van der Waals surface area contributed by atoms with Crippen LogP contribution in [0.15, 0.2) is 22.4 Å². The summed E-state index contributed by atoms with van der Waals surface area (Å²) in [6.45, 7) is 0.692. The average Bonchev–Trinajstić information content (AvgIpc) is 2.55. The van der Waals surface area contributed by atoms with Crippen LogP contribution < -0.4 is 0 Å². The van der Waals surface area contributed by atoms with Crippen LogP contribution in [0.2, 0.25) is 0 Å². The molecule has 2 aromatic rings. The Hall–Kier alpha value is -0.580. The molecule has 4 heteroatoms. The standard InChI is InChI=1S/C10H8FNS2/c1-12-4-6-7(11)2-3-8-10(6)9(14-12)5-13-8/h2-3,5H,4H2,1H3. The zero-order valence-electron chi connectivity index (χ0n) is 7.58. The van der Waals surface area contributed by atoms with E-state index in [-0.39, 0.29) is 5.82 Å². The van der Waals surface area contributed by atoms with E-state index in [9.17, 15) is 4.39 Å². The molecule has 0 bridgehead atoms. The summed E-state index contributed by atoms with van der Waals surface area (Å²) in [4.78, 5) is 1.19. The zero-order valence-corrected chi connectivity index (χ0v) is 9.21. The van der Waals surface area contributed by atoms with Crippen LogP contribution in [0.4, 0.5) is 4.39 Å². The Morgan fingerprint density at radius 2 is 2.29 bits per heavy atom. The second kappa shape index (κ2) is 2.95. The molecule has 3 rings (SSSR count). The highest BCUT2D eigenvalue weighted by Gasteiger charge is 2.20. The molecule has 0 saturated heterocycles. The van der Waals surface area contributed by atoms with Crippen molar-refractivity contribution in [2.75, 3.05) is 7.05 Å². The maximum Gasteiger partial charge on any atom is 0.128 e. The van der Waals surface area contributed by atoms with Gasteiger partial charge in [0.25, 0.3) is 0 Å². The summed E-state index contributed by atoms with van der Waals surface area (Å²) in [5.74, 6) is -0.0794. The Kier molecular flexibility index (Phi) is 1.84. The first-order valence-electron chi connectivity index (χ1n) is 4.33. The molecule has 1 nitrogen and oxygen atoms in total. The number of thiophene rings is 1. The highest BCUT2D eigenvalue weighted by Crippen LogP contribution is 2.42. The topological polar surface area (TPSA) is 3.24 Å². The molecule has 1 aromatic carbocycles. The van der Waals surface area contributed by atoms with Crippen LogP contribution in [0.3, 0.4) is 0 Å². The molecule has 72 valence electrons. The van der Waals surface area contributed by atoms with Crippen molar-refractivity contribution in [3.63, 3.8) is 0 Å². The fourth-order valence-corrected chi connectivity index (χ4v) is 3.87. The van der Waals surface area contributed by atoms with Crippen LogP contribution in [-0.4, -0.2) is 11.4 Å². The van der Waals surface area contributed by atoms with E-state index in [2.05, 4.69) is 9.69 Å². The van der Waals surface area contributed by atoms with Crippen molar-refractivity contribution in [3.05, 3.63) is 28.9 Å². The smallest absolute Gasteiger partial charge is 0.128 e. The largest absolute Gasteiger partial charge is 0.245 e. The molecule has 2 heterocycles. The fraction of sp³-hybridized carbons (Fsp3) is 0.200. The van der Waals surface area contributed by atoms with Crippen molar-refractivity contribution in [3.8, 4) is 0 Å². The van der Waals surface area contributed by atoms with Crippen molar-refractivity contribution < 1.29 is 4.39 Å². The van der Waals surface area contributed by atoms with Crippen LogP contribution in [0.1, 0.15) is 5.56 Å². The van der Waals surface area contributed by atoms with Crippen molar-refractivity contribution in [1.82, 2.24) is 4.31 Å². The van der Waals surface area contributed by atoms with Crippen LogP contribution in [0, 0.1) is 5.82 Å². The van der Waals surface area contributed by atoms with E-state index < -0.39 is 0 Å². The quantitative estimate of drug-likeness (QED) is 0.631. The molecule has 0 spiro atoms. The van der Waals surface area contributed by atoms with E-state index in [1.54, 1.807) is 29.4 Å². The fourth-order valence-electron chi connectivity index (χ4n) is 1.79. The molecule has 0 unspecified atom stereocenters. The third-order valence-electron chi connectivity index (χ3n) is 2.39. The predicted molar refractivity (Wildman–Crippen MR) is 59.1 cm³/mol. The summed E-state index contributed by atoms with van der Waals surface area (Å²) < 4.78 is 16.8. The van der Waals surface area contributed by atoms with Gasteiger partial charge in [-0.2, -0.15) is 0 Å². The van der Waals surface area contributed by atoms with Gasteiger partial charge in [0.1, 0.15) is 5.82 Å². The van der Waals surface area contributed by atoms with E-state index in [0.717, 1.165) is 10.9 Å². The van der Waals surface area contributed by atoms with Gasteiger partial charge in [-0.25, -0.2) is 8.70 Å². The zero-order chi connectivity index (χ0) is 9.71. The normalized spacial score (nSPS) is 16.4. The summed E-state index contributed by atoms with van der Waals surface area (Å²) in [6.07, 6.45) is 0. The Balaban J connectivity index is 2.41. The number of hydrogen-bond donors (Lipinski definition) is 0. The third-order valence-corrected chi connectivity index (χ3v) is 4.45. The molecule has 1 aromatic heterocycles. The molecule has 0 fully saturated rings. The van der Waals surface area contributed by atoms with Gasteiger partial charge in [-0.1, -0.05) is 0 Å². The Labute approximate surface area is 89.7 Å². The van der Waals surface area contributed by atoms with Gasteiger partial charge in [0, 0.05) is 32.5 Å². The van der Waals surface area contributed by atoms with Crippen LogP contribution in [0.25, 0.3) is 10.1 Å². The lowest BCUT2D eigenvalue weighted by molar-refractivity contribution is 0.526. The second-order valence-electron chi connectivity index (χ2n) is 3.38. The monoisotopic (exact) mass is 225 g/mol. The van der Waals surface area contributed by atoms with Gasteiger partial charge in [0.05, 0.1) is 0 Å². The number of rotatable bonds is 0. The molecule has 1 aliphatic heterocycles.